The van der Waals surface area contributed by atoms with Crippen LogP contribution >= 0.6 is 0 Å². The van der Waals surface area contributed by atoms with Crippen LogP contribution in [0.3, 0.4) is 0 Å². The SMILES string of the molecule is C=CC(=O)N1CC2(CCN(c3nc(N4CC5(CC(OC)C5)C4)nc4c(OCC(F)(F)F)c(-c5c(C)ccc6[nH]ncc56)c(C5CC5)cc34)CC2)C1. The van der Waals surface area contributed by atoms with Crippen molar-refractivity contribution in [2.75, 3.05) is 62.8 Å². The number of alkyl halides is 3. The minimum absolute atomic E-state index is 0.0405. The molecule has 1 amide bonds. The number of aromatic amines is 1. The first-order chi connectivity index (χ1) is 24.5. The van der Waals surface area contributed by atoms with Crippen LogP contribution in [0.25, 0.3) is 32.9 Å². The molecule has 4 aromatic rings. The highest BCUT2D eigenvalue weighted by Gasteiger charge is 2.54. The van der Waals surface area contributed by atoms with Gasteiger partial charge >= 0.3 is 6.18 Å². The summed E-state index contributed by atoms with van der Waals surface area (Å²) >= 11 is 0. The molecule has 3 aliphatic heterocycles. The van der Waals surface area contributed by atoms with Gasteiger partial charge in [0.1, 0.15) is 11.3 Å². The highest BCUT2D eigenvalue weighted by Crippen LogP contribution is 2.55. The Kier molecular flexibility index (Phi) is 7.37. The zero-order valence-electron chi connectivity index (χ0n) is 29.0. The third-order valence-corrected chi connectivity index (χ3v) is 12.1. The molecule has 0 unspecified atom stereocenters. The Hall–Kier alpha value is -4.39. The predicted molar refractivity (Wildman–Crippen MR) is 188 cm³/mol. The average Bonchev–Trinajstić information content (AvgIpc) is 3.80. The van der Waals surface area contributed by atoms with Crippen LogP contribution in [-0.4, -0.2) is 96.2 Å². The number of hydrogen-bond donors (Lipinski definition) is 1. The second kappa shape index (κ2) is 11.6. The van der Waals surface area contributed by atoms with Gasteiger partial charge in [-0.05, 0) is 86.3 Å². The topological polar surface area (TPSA) is 99.7 Å². The number of carbonyl (C=O) groups is 1. The minimum Gasteiger partial charge on any atom is -0.481 e. The van der Waals surface area contributed by atoms with E-state index in [1.165, 1.54) is 6.08 Å². The molecule has 10 nitrogen and oxygen atoms in total. The lowest BCUT2D eigenvalue weighted by Crippen LogP contribution is -2.64. The number of ether oxygens (including phenoxy) is 2. The second-order valence-corrected chi connectivity index (χ2v) is 15.7. The quantitative estimate of drug-likeness (QED) is 0.207. The summed E-state index contributed by atoms with van der Waals surface area (Å²) in [5, 5.41) is 8.87. The number of halogens is 3. The number of aromatic nitrogens is 4. The number of fused-ring (bicyclic) bond motifs is 2. The van der Waals surface area contributed by atoms with E-state index in [1.807, 2.05) is 24.0 Å². The van der Waals surface area contributed by atoms with Gasteiger partial charge in [-0.25, -0.2) is 4.98 Å². The van der Waals surface area contributed by atoms with E-state index in [9.17, 15) is 18.0 Å². The Balaban J connectivity index is 1.19. The van der Waals surface area contributed by atoms with Crippen molar-refractivity contribution >= 4 is 39.5 Å². The molecule has 9 rings (SSSR count). The Morgan fingerprint density at radius 2 is 1.78 bits per heavy atom. The van der Waals surface area contributed by atoms with Crippen molar-refractivity contribution in [1.82, 2.24) is 25.1 Å². The van der Waals surface area contributed by atoms with Crippen molar-refractivity contribution in [3.05, 3.63) is 48.2 Å². The maximum absolute atomic E-state index is 14.0. The molecule has 2 aromatic carbocycles. The number of hydrogen-bond acceptors (Lipinski definition) is 8. The van der Waals surface area contributed by atoms with Crippen molar-refractivity contribution in [1.29, 1.82) is 0 Å². The standard InChI is InChI=1S/C38H42F3N7O3/c1-4-29(49)47-17-36(18-47)9-11-46(12-10-36)34-26-13-25(23-6-7-23)31(30-22(2)5-8-28-27(30)16-42-45-28)33(51-21-38(39,40)41)32(26)43-35(44-34)48-19-37(20-48)14-24(15-37)50-3/h4-5,8,13,16,23-24H,1,6-7,9-12,14-15,17-21H2,2-3H3,(H,42,45). The molecule has 5 heterocycles. The van der Waals surface area contributed by atoms with E-state index in [1.54, 1.807) is 13.3 Å². The Morgan fingerprint density at radius 3 is 2.45 bits per heavy atom. The number of benzene rings is 2. The molecule has 13 heteroatoms. The fraction of sp³-hybridized carbons (Fsp3) is 0.526. The van der Waals surface area contributed by atoms with Gasteiger partial charge in [-0.2, -0.15) is 23.3 Å². The number of nitrogens with zero attached hydrogens (tertiary/aromatic N) is 6. The summed E-state index contributed by atoms with van der Waals surface area (Å²) in [4.78, 5) is 28.8. The third-order valence-electron chi connectivity index (χ3n) is 12.1. The molecule has 2 aromatic heterocycles. The van der Waals surface area contributed by atoms with Crippen LogP contribution in [0.15, 0.2) is 37.1 Å². The molecule has 2 spiro atoms. The molecular weight excluding hydrogens is 659 g/mol. The molecule has 268 valence electrons. The molecule has 2 aliphatic carbocycles. The van der Waals surface area contributed by atoms with E-state index < -0.39 is 12.8 Å². The molecule has 5 aliphatic rings. The summed E-state index contributed by atoms with van der Waals surface area (Å²) in [7, 11) is 1.75. The van der Waals surface area contributed by atoms with E-state index in [0.717, 1.165) is 85.0 Å². The fourth-order valence-electron chi connectivity index (χ4n) is 9.13. The molecule has 2 saturated carbocycles. The normalized spacial score (nSPS) is 21.2. The average molecular weight is 702 g/mol. The van der Waals surface area contributed by atoms with Crippen LogP contribution in [0, 0.1) is 17.8 Å². The zero-order valence-corrected chi connectivity index (χ0v) is 29.0. The van der Waals surface area contributed by atoms with E-state index in [0.29, 0.717) is 48.6 Å². The van der Waals surface area contributed by atoms with Gasteiger partial charge in [0.15, 0.2) is 12.4 Å². The first-order valence-electron chi connectivity index (χ1n) is 17.9. The van der Waals surface area contributed by atoms with E-state index in [-0.39, 0.29) is 34.5 Å². The highest BCUT2D eigenvalue weighted by molar-refractivity contribution is 6.06. The van der Waals surface area contributed by atoms with Crippen LogP contribution in [0.1, 0.15) is 55.6 Å². The summed E-state index contributed by atoms with van der Waals surface area (Å²) in [5.41, 5.74) is 4.77. The Bertz CT molecular complexity index is 2050. The van der Waals surface area contributed by atoms with Gasteiger partial charge in [0.2, 0.25) is 11.9 Å². The molecule has 5 fully saturated rings. The molecule has 0 radical (unpaired) electrons. The van der Waals surface area contributed by atoms with Crippen molar-refractivity contribution < 1.29 is 27.4 Å². The van der Waals surface area contributed by atoms with Crippen LogP contribution in [-0.2, 0) is 9.53 Å². The van der Waals surface area contributed by atoms with E-state index in [4.69, 9.17) is 19.4 Å². The number of amides is 1. The van der Waals surface area contributed by atoms with Crippen molar-refractivity contribution in [3.63, 3.8) is 0 Å². The van der Waals surface area contributed by atoms with Crippen molar-refractivity contribution in [2.24, 2.45) is 10.8 Å². The molecule has 0 bridgehead atoms. The molecule has 3 saturated heterocycles. The number of piperidine rings is 1. The van der Waals surface area contributed by atoms with Gasteiger partial charge in [0.25, 0.3) is 0 Å². The maximum Gasteiger partial charge on any atom is 0.422 e. The number of carbonyl (C=O) groups excluding carboxylic acids is 1. The summed E-state index contributed by atoms with van der Waals surface area (Å²) in [6.07, 6.45) is 4.41. The number of H-pyrrole nitrogens is 1. The number of aryl methyl sites for hydroxylation is 1. The van der Waals surface area contributed by atoms with Crippen molar-refractivity contribution in [2.45, 2.75) is 63.6 Å². The summed E-state index contributed by atoms with van der Waals surface area (Å²) in [6, 6.07) is 6.05. The van der Waals surface area contributed by atoms with Gasteiger partial charge < -0.3 is 24.2 Å². The third kappa shape index (κ3) is 5.50. The number of rotatable bonds is 8. The van der Waals surface area contributed by atoms with Crippen molar-refractivity contribution in [3.8, 4) is 16.9 Å². The summed E-state index contributed by atoms with van der Waals surface area (Å²) in [6.45, 7) is 8.58. The number of anilines is 2. The van der Waals surface area contributed by atoms with Gasteiger partial charge in [-0.15, -0.1) is 0 Å². The van der Waals surface area contributed by atoms with Crippen LogP contribution < -0.4 is 14.5 Å². The van der Waals surface area contributed by atoms with Gasteiger partial charge in [-0.3, -0.25) is 9.89 Å². The first kappa shape index (κ1) is 32.5. The molecular formula is C38H42F3N7O3. The molecule has 51 heavy (non-hydrogen) atoms. The van der Waals surface area contributed by atoms with Gasteiger partial charge in [0.05, 0.1) is 17.8 Å². The Morgan fingerprint density at radius 1 is 1.04 bits per heavy atom. The van der Waals surface area contributed by atoms with E-state index >= 15 is 0 Å². The molecule has 0 atom stereocenters. The highest BCUT2D eigenvalue weighted by atomic mass is 19.4. The largest absolute Gasteiger partial charge is 0.481 e. The lowest BCUT2D eigenvalue weighted by atomic mass is 9.62. The lowest BCUT2D eigenvalue weighted by Gasteiger charge is -2.58. The first-order valence-corrected chi connectivity index (χ1v) is 17.9. The van der Waals surface area contributed by atoms with Crippen LogP contribution in [0.4, 0.5) is 24.9 Å². The predicted octanol–water partition coefficient (Wildman–Crippen LogP) is 6.53. The number of likely N-dealkylation sites (tertiary alicyclic amines) is 1. The van der Waals surface area contributed by atoms with Crippen LogP contribution in [0.5, 0.6) is 5.75 Å². The summed E-state index contributed by atoms with van der Waals surface area (Å²) < 4.78 is 53.7. The smallest absolute Gasteiger partial charge is 0.422 e. The minimum atomic E-state index is -4.55. The van der Waals surface area contributed by atoms with Gasteiger partial charge in [-0.1, -0.05) is 12.6 Å². The van der Waals surface area contributed by atoms with E-state index in [2.05, 4.69) is 32.6 Å². The fourth-order valence-corrected chi connectivity index (χ4v) is 9.13. The second-order valence-electron chi connectivity index (χ2n) is 15.7. The number of nitrogens with one attached hydrogen (secondary N) is 1. The maximum atomic E-state index is 14.0. The molecule has 1 N–H and O–H groups in total. The number of methoxy groups -OCH3 is 1. The van der Waals surface area contributed by atoms with Crippen LogP contribution in [0.2, 0.25) is 0 Å². The zero-order chi connectivity index (χ0) is 35.3. The summed E-state index contributed by atoms with van der Waals surface area (Å²) in [5.74, 6) is 1.54. The lowest BCUT2D eigenvalue weighted by molar-refractivity contribution is -0.153. The monoisotopic (exact) mass is 701 g/mol. The Labute approximate surface area is 294 Å². The van der Waals surface area contributed by atoms with Gasteiger partial charge in [0, 0.05) is 73.5 Å².